The van der Waals surface area contributed by atoms with Gasteiger partial charge in [0.25, 0.3) is 0 Å². The van der Waals surface area contributed by atoms with E-state index in [-0.39, 0.29) is 0 Å². The molecule has 0 radical (unpaired) electrons. The summed E-state index contributed by atoms with van der Waals surface area (Å²) < 4.78 is 5.96. The highest BCUT2D eigenvalue weighted by Gasteiger charge is 2.24. The van der Waals surface area contributed by atoms with Crippen LogP contribution in [0.3, 0.4) is 0 Å². The second kappa shape index (κ2) is 5.61. The van der Waals surface area contributed by atoms with Gasteiger partial charge in [0.2, 0.25) is 9.04 Å². The van der Waals surface area contributed by atoms with Crippen molar-refractivity contribution in [2.75, 3.05) is 0 Å². The van der Waals surface area contributed by atoms with Crippen LogP contribution in [0.4, 0.5) is 0 Å². The van der Waals surface area contributed by atoms with Gasteiger partial charge in [0.1, 0.15) is 0 Å². The van der Waals surface area contributed by atoms with Crippen molar-refractivity contribution in [1.29, 1.82) is 0 Å². The van der Waals surface area contributed by atoms with Gasteiger partial charge in [0.15, 0.2) is 0 Å². The Morgan fingerprint density at radius 1 is 1.31 bits per heavy atom. The lowest BCUT2D eigenvalue weighted by atomic mass is 10.0. The SMILES string of the molecule is C=C[SiH](OC(C)C)C1CCCCC1. The molecule has 0 N–H and O–H groups in total. The summed E-state index contributed by atoms with van der Waals surface area (Å²) >= 11 is 0. The maximum atomic E-state index is 5.96. The smallest absolute Gasteiger partial charge is 0.203 e. The molecule has 0 saturated heterocycles. The summed E-state index contributed by atoms with van der Waals surface area (Å²) in [6, 6.07) is 0. The molecule has 0 bridgehead atoms. The maximum absolute atomic E-state index is 5.96. The molecule has 0 aromatic rings. The van der Waals surface area contributed by atoms with Crippen LogP contribution < -0.4 is 0 Å². The molecule has 1 nitrogen and oxygen atoms in total. The molecular formula is C11H22OSi. The van der Waals surface area contributed by atoms with Gasteiger partial charge in [-0.05, 0) is 19.4 Å². The molecule has 0 amide bonds. The van der Waals surface area contributed by atoms with E-state index in [9.17, 15) is 0 Å². The highest BCUT2D eigenvalue weighted by atomic mass is 28.3. The third-order valence-electron chi connectivity index (χ3n) is 2.78. The van der Waals surface area contributed by atoms with E-state index in [4.69, 9.17) is 4.43 Å². The topological polar surface area (TPSA) is 9.23 Å². The van der Waals surface area contributed by atoms with Gasteiger partial charge in [-0.25, -0.2) is 0 Å². The number of hydrogen-bond donors (Lipinski definition) is 0. The Labute approximate surface area is 83.9 Å². The Bertz CT molecular complexity index is 150. The van der Waals surface area contributed by atoms with Gasteiger partial charge in [0.05, 0.1) is 0 Å². The van der Waals surface area contributed by atoms with Crippen molar-refractivity contribution >= 4 is 9.04 Å². The molecule has 0 heterocycles. The van der Waals surface area contributed by atoms with Gasteiger partial charge in [-0.3, -0.25) is 0 Å². The summed E-state index contributed by atoms with van der Waals surface area (Å²) in [5.41, 5.74) is 2.99. The Hall–Kier alpha value is -0.0831. The molecule has 0 aromatic carbocycles. The van der Waals surface area contributed by atoms with Crippen molar-refractivity contribution in [2.24, 2.45) is 0 Å². The normalized spacial score (nSPS) is 21.8. The Kier molecular flexibility index (Phi) is 4.74. The fourth-order valence-electron chi connectivity index (χ4n) is 2.14. The molecule has 2 heteroatoms. The van der Waals surface area contributed by atoms with Crippen LogP contribution in [-0.2, 0) is 4.43 Å². The second-order valence-electron chi connectivity index (χ2n) is 4.28. The van der Waals surface area contributed by atoms with Gasteiger partial charge < -0.3 is 4.43 Å². The van der Waals surface area contributed by atoms with E-state index in [0.29, 0.717) is 6.10 Å². The van der Waals surface area contributed by atoms with Crippen molar-refractivity contribution in [2.45, 2.75) is 57.6 Å². The summed E-state index contributed by atoms with van der Waals surface area (Å²) in [7, 11) is -1.09. The first-order chi connectivity index (χ1) is 6.24. The lowest BCUT2D eigenvalue weighted by molar-refractivity contribution is 0.236. The standard InChI is InChI=1S/C11H22OSi/c1-4-13(12-10(2)3)11-8-6-5-7-9-11/h4,10-11,13H,1,5-9H2,2-3H3. The molecule has 13 heavy (non-hydrogen) atoms. The largest absolute Gasteiger partial charge is 0.413 e. The molecule has 1 fully saturated rings. The zero-order valence-corrected chi connectivity index (χ0v) is 10.1. The third kappa shape index (κ3) is 3.65. The molecule has 1 rings (SSSR count). The second-order valence-corrected chi connectivity index (χ2v) is 6.90. The molecule has 1 aliphatic carbocycles. The third-order valence-corrected chi connectivity index (χ3v) is 5.70. The van der Waals surface area contributed by atoms with E-state index < -0.39 is 9.04 Å². The monoisotopic (exact) mass is 198 g/mol. The molecule has 1 saturated carbocycles. The summed E-state index contributed by atoms with van der Waals surface area (Å²) in [5, 5.41) is 0. The molecule has 1 unspecified atom stereocenters. The Balaban J connectivity index is 2.39. The number of hydrogen-bond acceptors (Lipinski definition) is 1. The van der Waals surface area contributed by atoms with Crippen molar-refractivity contribution in [3.05, 3.63) is 12.3 Å². The van der Waals surface area contributed by atoms with Crippen LogP contribution in [0.5, 0.6) is 0 Å². The summed E-state index contributed by atoms with van der Waals surface area (Å²) in [6.07, 6.45) is 7.39. The zero-order valence-electron chi connectivity index (χ0n) is 8.96. The first kappa shape index (κ1) is 11.0. The minimum atomic E-state index is -1.09. The molecule has 0 aliphatic heterocycles. The summed E-state index contributed by atoms with van der Waals surface area (Å²) in [6.45, 7) is 8.19. The first-order valence-electron chi connectivity index (χ1n) is 5.52. The van der Waals surface area contributed by atoms with Crippen molar-refractivity contribution < 1.29 is 4.43 Å². The van der Waals surface area contributed by atoms with Crippen LogP contribution >= 0.6 is 0 Å². The quantitative estimate of drug-likeness (QED) is 0.630. The van der Waals surface area contributed by atoms with Crippen molar-refractivity contribution in [3.63, 3.8) is 0 Å². The van der Waals surface area contributed by atoms with Crippen LogP contribution in [-0.4, -0.2) is 15.1 Å². The average Bonchev–Trinajstić information content (AvgIpc) is 2.15. The molecule has 1 atom stereocenters. The van der Waals surface area contributed by atoms with E-state index in [1.165, 1.54) is 32.1 Å². The first-order valence-corrected chi connectivity index (χ1v) is 7.32. The maximum Gasteiger partial charge on any atom is 0.203 e. The molecule has 1 aliphatic rings. The van der Waals surface area contributed by atoms with Crippen LogP contribution in [0.1, 0.15) is 46.0 Å². The fourth-order valence-corrected chi connectivity index (χ4v) is 4.61. The lowest BCUT2D eigenvalue weighted by Gasteiger charge is -2.28. The van der Waals surface area contributed by atoms with E-state index >= 15 is 0 Å². The van der Waals surface area contributed by atoms with E-state index in [2.05, 4.69) is 26.1 Å². The molecule has 0 aromatic heterocycles. The van der Waals surface area contributed by atoms with Crippen molar-refractivity contribution in [1.82, 2.24) is 0 Å². The van der Waals surface area contributed by atoms with Crippen LogP contribution in [0.15, 0.2) is 12.3 Å². The summed E-state index contributed by atoms with van der Waals surface area (Å²) in [5.74, 6) is 0. The Morgan fingerprint density at radius 3 is 2.38 bits per heavy atom. The summed E-state index contributed by atoms with van der Waals surface area (Å²) in [4.78, 5) is 0. The highest BCUT2D eigenvalue weighted by molar-refractivity contribution is 6.59. The van der Waals surface area contributed by atoms with Crippen LogP contribution in [0.25, 0.3) is 0 Å². The molecular weight excluding hydrogens is 176 g/mol. The van der Waals surface area contributed by atoms with Crippen LogP contribution in [0, 0.1) is 0 Å². The zero-order chi connectivity index (χ0) is 9.68. The van der Waals surface area contributed by atoms with Gasteiger partial charge in [-0.15, -0.1) is 6.58 Å². The van der Waals surface area contributed by atoms with E-state index in [1.807, 2.05) is 0 Å². The Morgan fingerprint density at radius 2 is 1.92 bits per heavy atom. The van der Waals surface area contributed by atoms with Crippen LogP contribution in [0.2, 0.25) is 5.54 Å². The molecule has 0 spiro atoms. The fraction of sp³-hybridized carbons (Fsp3) is 0.818. The van der Waals surface area contributed by atoms with Gasteiger partial charge in [0, 0.05) is 6.10 Å². The molecule has 76 valence electrons. The predicted molar refractivity (Wildman–Crippen MR) is 60.4 cm³/mol. The van der Waals surface area contributed by atoms with Gasteiger partial charge in [-0.1, -0.05) is 37.8 Å². The van der Waals surface area contributed by atoms with Crippen molar-refractivity contribution in [3.8, 4) is 0 Å². The van der Waals surface area contributed by atoms with E-state index in [0.717, 1.165) is 5.54 Å². The lowest BCUT2D eigenvalue weighted by Crippen LogP contribution is -2.27. The minimum absolute atomic E-state index is 0.386. The predicted octanol–water partition coefficient (Wildman–Crippen LogP) is 3.19. The number of rotatable bonds is 4. The van der Waals surface area contributed by atoms with E-state index in [1.54, 1.807) is 0 Å². The minimum Gasteiger partial charge on any atom is -0.413 e. The average molecular weight is 198 g/mol. The highest BCUT2D eigenvalue weighted by Crippen LogP contribution is 2.32. The van der Waals surface area contributed by atoms with Gasteiger partial charge >= 0.3 is 0 Å². The van der Waals surface area contributed by atoms with Gasteiger partial charge in [-0.2, -0.15) is 0 Å².